The third-order valence-corrected chi connectivity index (χ3v) is 3.62. The van der Waals surface area contributed by atoms with Crippen LogP contribution in [-0.2, 0) is 20.1 Å². The number of alkyl halides is 3. The third kappa shape index (κ3) is 7.37. The lowest BCUT2D eigenvalue weighted by atomic mass is 10.2. The Labute approximate surface area is 178 Å². The Morgan fingerprint density at radius 2 is 2.00 bits per heavy atom. The predicted octanol–water partition coefficient (Wildman–Crippen LogP) is 3.06. The van der Waals surface area contributed by atoms with Gasteiger partial charge in [-0.15, -0.1) is 53.9 Å². The molecule has 0 spiro atoms. The van der Waals surface area contributed by atoms with Crippen molar-refractivity contribution in [2.45, 2.75) is 26.4 Å². The van der Waals surface area contributed by atoms with Gasteiger partial charge >= 0.3 is 6.36 Å². The van der Waals surface area contributed by atoms with Crippen molar-refractivity contribution >= 4 is 29.9 Å². The summed E-state index contributed by atoms with van der Waals surface area (Å²) in [7, 11) is 1.84. The lowest BCUT2D eigenvalue weighted by Crippen LogP contribution is -2.37. The second-order valence-corrected chi connectivity index (χ2v) is 5.57. The van der Waals surface area contributed by atoms with Crippen LogP contribution in [-0.4, -0.2) is 33.6 Å². The predicted molar refractivity (Wildman–Crippen MR) is 110 cm³/mol. The number of nitrogens with one attached hydrogen (secondary N) is 2. The molecule has 0 aliphatic carbocycles. The number of benzene rings is 1. The monoisotopic (exact) mass is 510 g/mol. The molecule has 0 radical (unpaired) electrons. The molecule has 2 aromatic rings. The van der Waals surface area contributed by atoms with E-state index in [2.05, 4.69) is 37.1 Å². The van der Waals surface area contributed by atoms with Crippen molar-refractivity contribution < 1.29 is 17.9 Å². The molecule has 154 valence electrons. The number of hydrogen-bond donors (Lipinski definition) is 2. The zero-order chi connectivity index (χ0) is 19.9. The van der Waals surface area contributed by atoms with Gasteiger partial charge in [0.25, 0.3) is 0 Å². The van der Waals surface area contributed by atoms with Crippen LogP contribution in [0.1, 0.15) is 17.2 Å². The van der Waals surface area contributed by atoms with E-state index in [-0.39, 0.29) is 36.3 Å². The smallest absolute Gasteiger partial charge is 0.405 e. The average molecular weight is 510 g/mol. The molecule has 0 saturated heterocycles. The van der Waals surface area contributed by atoms with Gasteiger partial charge in [-0.05, 0) is 13.0 Å². The van der Waals surface area contributed by atoms with Gasteiger partial charge in [0.15, 0.2) is 11.8 Å². The van der Waals surface area contributed by atoms with Gasteiger partial charge in [0.1, 0.15) is 11.6 Å². The molecule has 1 aromatic carbocycles. The van der Waals surface area contributed by atoms with Crippen LogP contribution in [0.2, 0.25) is 0 Å². The number of para-hydroxylation sites is 1. The molecule has 2 rings (SSSR count). The summed E-state index contributed by atoms with van der Waals surface area (Å²) in [5, 5.41) is 14.1. The molecule has 0 bridgehead atoms. The summed E-state index contributed by atoms with van der Waals surface area (Å²) in [6, 6.07) is 5.88. The first-order valence-electron chi connectivity index (χ1n) is 8.11. The van der Waals surface area contributed by atoms with Gasteiger partial charge in [-0.1, -0.05) is 24.3 Å². The highest BCUT2D eigenvalue weighted by molar-refractivity contribution is 14.0. The molecule has 1 aromatic heterocycles. The van der Waals surface area contributed by atoms with Crippen LogP contribution in [0.4, 0.5) is 13.2 Å². The first-order valence-corrected chi connectivity index (χ1v) is 8.11. The van der Waals surface area contributed by atoms with Crippen molar-refractivity contribution in [2.24, 2.45) is 12.0 Å². The molecule has 0 aliphatic rings. The van der Waals surface area contributed by atoms with E-state index in [4.69, 9.17) is 0 Å². The normalized spacial score (nSPS) is 11.5. The molecule has 0 amide bonds. The summed E-state index contributed by atoms with van der Waals surface area (Å²) >= 11 is 0. The standard InChI is InChI=1S/C17H21F3N6O.HI/c1-4-9-21-16(23-11-15-25-24-12(2)26(15)3)22-10-13-7-5-6-8-14(13)27-17(18,19)20;/h4-8H,1,9-11H2,2-3H3,(H2,21,22,23);1H. The Morgan fingerprint density at radius 1 is 1.29 bits per heavy atom. The van der Waals surface area contributed by atoms with Crippen LogP contribution in [0.5, 0.6) is 5.75 Å². The zero-order valence-electron chi connectivity index (χ0n) is 15.5. The maximum Gasteiger partial charge on any atom is 0.573 e. The topological polar surface area (TPSA) is 76.4 Å². The Morgan fingerprint density at radius 3 is 2.61 bits per heavy atom. The lowest BCUT2D eigenvalue weighted by molar-refractivity contribution is -0.274. The largest absolute Gasteiger partial charge is 0.573 e. The van der Waals surface area contributed by atoms with Crippen molar-refractivity contribution in [3.8, 4) is 5.75 Å². The average Bonchev–Trinajstić information content (AvgIpc) is 2.93. The van der Waals surface area contributed by atoms with Crippen molar-refractivity contribution in [3.05, 3.63) is 54.1 Å². The first-order chi connectivity index (χ1) is 12.8. The SMILES string of the molecule is C=CCNC(=NCc1ccccc1OC(F)(F)F)NCc1nnc(C)n1C.I. The van der Waals surface area contributed by atoms with Crippen LogP contribution in [0.25, 0.3) is 0 Å². The zero-order valence-corrected chi connectivity index (χ0v) is 17.8. The third-order valence-electron chi connectivity index (χ3n) is 3.62. The number of hydrogen-bond acceptors (Lipinski definition) is 4. The van der Waals surface area contributed by atoms with E-state index >= 15 is 0 Å². The second kappa shape index (κ2) is 10.9. The van der Waals surface area contributed by atoms with Gasteiger partial charge in [-0.2, -0.15) is 0 Å². The van der Waals surface area contributed by atoms with Crippen LogP contribution in [0, 0.1) is 6.92 Å². The van der Waals surface area contributed by atoms with E-state index in [0.29, 0.717) is 30.4 Å². The molecule has 7 nitrogen and oxygen atoms in total. The van der Waals surface area contributed by atoms with Crippen molar-refractivity contribution in [1.29, 1.82) is 0 Å². The van der Waals surface area contributed by atoms with E-state index in [1.54, 1.807) is 12.1 Å². The van der Waals surface area contributed by atoms with Gasteiger partial charge < -0.3 is 19.9 Å². The highest BCUT2D eigenvalue weighted by atomic mass is 127. The number of aliphatic imine (C=N–C) groups is 1. The van der Waals surface area contributed by atoms with Crippen LogP contribution >= 0.6 is 24.0 Å². The Balaban J connectivity index is 0.00000392. The van der Waals surface area contributed by atoms with Gasteiger partial charge in [-0.3, -0.25) is 0 Å². The highest BCUT2D eigenvalue weighted by Crippen LogP contribution is 2.26. The number of aromatic nitrogens is 3. The van der Waals surface area contributed by atoms with Gasteiger partial charge in [-0.25, -0.2) is 4.99 Å². The molecule has 2 N–H and O–H groups in total. The maximum atomic E-state index is 12.5. The Bertz CT molecular complexity index is 806. The number of guanidine groups is 1. The van der Waals surface area contributed by atoms with Crippen LogP contribution < -0.4 is 15.4 Å². The number of ether oxygens (including phenoxy) is 1. The van der Waals surface area contributed by atoms with E-state index in [9.17, 15) is 13.2 Å². The number of halogens is 4. The summed E-state index contributed by atoms with van der Waals surface area (Å²) < 4.78 is 43.4. The fourth-order valence-corrected chi connectivity index (χ4v) is 2.13. The minimum Gasteiger partial charge on any atom is -0.405 e. The summed E-state index contributed by atoms with van der Waals surface area (Å²) in [6.45, 7) is 6.24. The molecular weight excluding hydrogens is 488 g/mol. The molecule has 0 fully saturated rings. The maximum absolute atomic E-state index is 12.5. The van der Waals surface area contributed by atoms with Gasteiger partial charge in [0.05, 0.1) is 13.1 Å². The van der Waals surface area contributed by atoms with Crippen molar-refractivity contribution in [1.82, 2.24) is 25.4 Å². The van der Waals surface area contributed by atoms with Crippen molar-refractivity contribution in [2.75, 3.05) is 6.54 Å². The molecule has 0 saturated carbocycles. The molecule has 11 heteroatoms. The molecular formula is C17H22F3IN6O. The quantitative estimate of drug-likeness (QED) is 0.259. The second-order valence-electron chi connectivity index (χ2n) is 5.57. The molecule has 0 unspecified atom stereocenters. The summed E-state index contributed by atoms with van der Waals surface area (Å²) in [5.41, 5.74) is 0.309. The number of nitrogens with zero attached hydrogens (tertiary/aromatic N) is 4. The van der Waals surface area contributed by atoms with Gasteiger partial charge in [0, 0.05) is 19.2 Å². The van der Waals surface area contributed by atoms with Crippen LogP contribution in [0.15, 0.2) is 41.9 Å². The van der Waals surface area contributed by atoms with E-state index in [1.807, 2.05) is 18.5 Å². The van der Waals surface area contributed by atoms with E-state index < -0.39 is 6.36 Å². The van der Waals surface area contributed by atoms with Crippen LogP contribution in [0.3, 0.4) is 0 Å². The van der Waals surface area contributed by atoms with E-state index in [1.165, 1.54) is 18.2 Å². The molecule has 1 heterocycles. The minimum absolute atomic E-state index is 0. The molecule has 0 aliphatic heterocycles. The number of rotatable bonds is 7. The fraction of sp³-hybridized carbons (Fsp3) is 0.353. The molecule has 28 heavy (non-hydrogen) atoms. The Kier molecular flexibility index (Phi) is 9.22. The van der Waals surface area contributed by atoms with Crippen molar-refractivity contribution in [3.63, 3.8) is 0 Å². The van der Waals surface area contributed by atoms with Gasteiger partial charge in [0.2, 0.25) is 0 Å². The summed E-state index contributed by atoms with van der Waals surface area (Å²) in [4.78, 5) is 4.32. The number of aryl methyl sites for hydroxylation is 1. The highest BCUT2D eigenvalue weighted by Gasteiger charge is 2.31. The fourth-order valence-electron chi connectivity index (χ4n) is 2.13. The minimum atomic E-state index is -4.76. The summed E-state index contributed by atoms with van der Waals surface area (Å²) in [6.07, 6.45) is -3.12. The lowest BCUT2D eigenvalue weighted by Gasteiger charge is -2.14. The summed E-state index contributed by atoms with van der Waals surface area (Å²) in [5.74, 6) is 1.59. The Hall–Kier alpha value is -2.31. The first kappa shape index (κ1) is 23.7. The molecule has 0 atom stereocenters. The van der Waals surface area contributed by atoms with E-state index in [0.717, 1.165) is 5.82 Å².